The Bertz CT molecular complexity index is 735. The molecule has 23 heavy (non-hydrogen) atoms. The van der Waals surface area contributed by atoms with Crippen LogP contribution in [0.4, 0.5) is 0 Å². The number of amides is 1. The van der Waals surface area contributed by atoms with Crippen molar-refractivity contribution in [1.29, 1.82) is 0 Å². The van der Waals surface area contributed by atoms with Crippen molar-refractivity contribution < 1.29 is 23.1 Å². The van der Waals surface area contributed by atoms with Gasteiger partial charge in [0.15, 0.2) is 0 Å². The lowest BCUT2D eigenvalue weighted by atomic mass is 9.97. The second-order valence-electron chi connectivity index (χ2n) is 5.28. The lowest BCUT2D eigenvalue weighted by molar-refractivity contribution is -0.143. The number of rotatable bonds is 4. The van der Waals surface area contributed by atoms with Gasteiger partial charge in [-0.15, -0.1) is 0 Å². The summed E-state index contributed by atoms with van der Waals surface area (Å²) in [6, 6.07) is 3.86. The number of benzene rings is 1. The number of nitrogens with one attached hydrogen (secondary N) is 1. The molecule has 0 radical (unpaired) electrons. The second-order valence-corrected chi connectivity index (χ2v) is 7.57. The van der Waals surface area contributed by atoms with Gasteiger partial charge in [-0.05, 0) is 38.1 Å². The van der Waals surface area contributed by atoms with Gasteiger partial charge in [0.1, 0.15) is 0 Å². The standard InChI is InChI=1S/C14H17ClN2O5S/c1-16-23(21,22)10-4-5-12(15)11(7-10)13(18)17-6-2-3-9(8-17)14(19)20/h4-5,7,9,16H,2-3,6,8H2,1H3,(H,19,20)/t9-/m1/s1. The molecule has 1 saturated heterocycles. The third-order valence-electron chi connectivity index (χ3n) is 3.81. The zero-order chi connectivity index (χ0) is 17.2. The Morgan fingerprint density at radius 3 is 2.70 bits per heavy atom. The lowest BCUT2D eigenvalue weighted by Gasteiger charge is -2.31. The highest BCUT2D eigenvalue weighted by Crippen LogP contribution is 2.25. The normalized spacial score (nSPS) is 18.7. The van der Waals surface area contributed by atoms with Gasteiger partial charge in [-0.1, -0.05) is 11.6 Å². The summed E-state index contributed by atoms with van der Waals surface area (Å²) in [5.74, 6) is -2.02. The molecule has 1 aromatic rings. The van der Waals surface area contributed by atoms with E-state index < -0.39 is 27.8 Å². The maximum absolute atomic E-state index is 12.6. The molecule has 0 bridgehead atoms. The summed E-state index contributed by atoms with van der Waals surface area (Å²) >= 11 is 6.02. The van der Waals surface area contributed by atoms with Gasteiger partial charge in [0.25, 0.3) is 5.91 Å². The fourth-order valence-corrected chi connectivity index (χ4v) is 3.44. The van der Waals surface area contributed by atoms with Gasteiger partial charge in [0.05, 0.1) is 21.4 Å². The quantitative estimate of drug-likeness (QED) is 0.839. The summed E-state index contributed by atoms with van der Waals surface area (Å²) in [5.41, 5.74) is 0.0500. The Kier molecular flexibility index (Phi) is 5.28. The first-order chi connectivity index (χ1) is 10.8. The van der Waals surface area contributed by atoms with Crippen molar-refractivity contribution in [3.8, 4) is 0 Å². The summed E-state index contributed by atoms with van der Waals surface area (Å²) in [4.78, 5) is 25.0. The minimum absolute atomic E-state index is 0.0500. The molecule has 7 nitrogen and oxygen atoms in total. The highest BCUT2D eigenvalue weighted by molar-refractivity contribution is 7.89. The van der Waals surface area contributed by atoms with Gasteiger partial charge >= 0.3 is 5.97 Å². The molecule has 1 fully saturated rings. The molecule has 0 aromatic heterocycles. The first kappa shape index (κ1) is 17.7. The smallest absolute Gasteiger partial charge is 0.308 e. The number of likely N-dealkylation sites (tertiary alicyclic amines) is 1. The van der Waals surface area contributed by atoms with Crippen molar-refractivity contribution in [3.63, 3.8) is 0 Å². The molecule has 1 aliphatic rings. The Hall–Kier alpha value is -1.64. The molecular weight excluding hydrogens is 344 g/mol. The molecule has 1 aromatic carbocycles. The number of nitrogens with zero attached hydrogens (tertiary/aromatic N) is 1. The Morgan fingerprint density at radius 2 is 2.09 bits per heavy atom. The Balaban J connectivity index is 2.32. The number of aliphatic carboxylic acids is 1. The molecule has 1 amide bonds. The molecule has 9 heteroatoms. The molecular formula is C14H17ClN2O5S. The van der Waals surface area contributed by atoms with E-state index in [9.17, 15) is 18.0 Å². The zero-order valence-electron chi connectivity index (χ0n) is 12.5. The molecule has 2 N–H and O–H groups in total. The fourth-order valence-electron chi connectivity index (χ4n) is 2.49. The average molecular weight is 361 g/mol. The van der Waals surface area contributed by atoms with Crippen LogP contribution < -0.4 is 4.72 Å². The number of hydrogen-bond acceptors (Lipinski definition) is 4. The van der Waals surface area contributed by atoms with E-state index in [-0.39, 0.29) is 22.0 Å². The maximum Gasteiger partial charge on any atom is 0.308 e. The van der Waals surface area contributed by atoms with Crippen LogP contribution in [-0.4, -0.2) is 50.4 Å². The molecule has 0 spiro atoms. The van der Waals surface area contributed by atoms with Crippen LogP contribution >= 0.6 is 11.6 Å². The molecule has 1 heterocycles. The number of hydrogen-bond donors (Lipinski definition) is 2. The van der Waals surface area contributed by atoms with Crippen LogP contribution in [0.25, 0.3) is 0 Å². The minimum atomic E-state index is -3.70. The van der Waals surface area contributed by atoms with Crippen molar-refractivity contribution in [2.24, 2.45) is 5.92 Å². The van der Waals surface area contributed by atoms with E-state index in [1.807, 2.05) is 0 Å². The van der Waals surface area contributed by atoms with E-state index in [4.69, 9.17) is 16.7 Å². The predicted molar refractivity (Wildman–Crippen MR) is 84.0 cm³/mol. The third-order valence-corrected chi connectivity index (χ3v) is 5.55. The number of halogens is 1. The molecule has 0 aliphatic carbocycles. The number of sulfonamides is 1. The van der Waals surface area contributed by atoms with E-state index in [2.05, 4.69) is 4.72 Å². The average Bonchev–Trinajstić information content (AvgIpc) is 2.54. The largest absolute Gasteiger partial charge is 0.481 e. The Labute approximate surface area is 139 Å². The highest BCUT2D eigenvalue weighted by Gasteiger charge is 2.30. The highest BCUT2D eigenvalue weighted by atomic mass is 35.5. The molecule has 126 valence electrons. The van der Waals surface area contributed by atoms with Crippen LogP contribution in [0.15, 0.2) is 23.1 Å². The number of carbonyl (C=O) groups excluding carboxylic acids is 1. The first-order valence-corrected chi connectivity index (χ1v) is 8.87. The third kappa shape index (κ3) is 3.82. The minimum Gasteiger partial charge on any atom is -0.481 e. The number of carboxylic acids is 1. The maximum atomic E-state index is 12.6. The van der Waals surface area contributed by atoms with Gasteiger partial charge in [0, 0.05) is 13.1 Å². The van der Waals surface area contributed by atoms with Crippen molar-refractivity contribution >= 4 is 33.5 Å². The van der Waals surface area contributed by atoms with Crippen molar-refractivity contribution in [2.45, 2.75) is 17.7 Å². The molecule has 1 aliphatic heterocycles. The van der Waals surface area contributed by atoms with Crippen molar-refractivity contribution in [2.75, 3.05) is 20.1 Å². The summed E-state index contributed by atoms with van der Waals surface area (Å²) in [6.07, 6.45) is 1.09. The van der Waals surface area contributed by atoms with Gasteiger partial charge in [0.2, 0.25) is 10.0 Å². The SMILES string of the molecule is CNS(=O)(=O)c1ccc(Cl)c(C(=O)N2CCC[C@@H](C(=O)O)C2)c1. The summed E-state index contributed by atoms with van der Waals surface area (Å²) < 4.78 is 25.9. The van der Waals surface area contributed by atoms with E-state index in [0.717, 1.165) is 0 Å². The van der Waals surface area contributed by atoms with Crippen LogP contribution in [-0.2, 0) is 14.8 Å². The van der Waals surface area contributed by atoms with E-state index >= 15 is 0 Å². The summed E-state index contributed by atoms with van der Waals surface area (Å²) in [6.45, 7) is 0.509. The molecule has 0 saturated carbocycles. The molecule has 2 rings (SSSR count). The van der Waals surface area contributed by atoms with Crippen LogP contribution in [0.3, 0.4) is 0 Å². The van der Waals surface area contributed by atoms with Crippen molar-refractivity contribution in [3.05, 3.63) is 28.8 Å². The van der Waals surface area contributed by atoms with Crippen LogP contribution in [0.2, 0.25) is 5.02 Å². The topological polar surface area (TPSA) is 104 Å². The second kappa shape index (κ2) is 6.86. The van der Waals surface area contributed by atoms with Crippen molar-refractivity contribution in [1.82, 2.24) is 9.62 Å². The van der Waals surface area contributed by atoms with Crippen LogP contribution in [0.1, 0.15) is 23.2 Å². The summed E-state index contributed by atoms with van der Waals surface area (Å²) in [7, 11) is -2.43. The van der Waals surface area contributed by atoms with Crippen LogP contribution in [0.5, 0.6) is 0 Å². The number of carboxylic acid groups (broad SMARTS) is 1. The molecule has 0 unspecified atom stereocenters. The fraction of sp³-hybridized carbons (Fsp3) is 0.429. The van der Waals surface area contributed by atoms with Crippen LogP contribution in [0, 0.1) is 5.92 Å². The molecule has 1 atom stereocenters. The lowest BCUT2D eigenvalue weighted by Crippen LogP contribution is -2.42. The zero-order valence-corrected chi connectivity index (χ0v) is 14.0. The van der Waals surface area contributed by atoms with E-state index in [1.165, 1.54) is 30.1 Å². The van der Waals surface area contributed by atoms with Gasteiger partial charge in [-0.25, -0.2) is 13.1 Å². The summed E-state index contributed by atoms with van der Waals surface area (Å²) in [5, 5.41) is 9.22. The number of carbonyl (C=O) groups is 2. The first-order valence-electron chi connectivity index (χ1n) is 7.01. The van der Waals surface area contributed by atoms with E-state index in [0.29, 0.717) is 19.4 Å². The van der Waals surface area contributed by atoms with E-state index in [1.54, 1.807) is 0 Å². The van der Waals surface area contributed by atoms with Gasteiger partial charge in [-0.3, -0.25) is 9.59 Å². The van der Waals surface area contributed by atoms with Gasteiger partial charge in [-0.2, -0.15) is 0 Å². The predicted octanol–water partition coefficient (Wildman–Crippen LogP) is 1.18. The monoisotopic (exact) mass is 360 g/mol. The Morgan fingerprint density at radius 1 is 1.39 bits per heavy atom. The number of piperidine rings is 1. The van der Waals surface area contributed by atoms with Gasteiger partial charge < -0.3 is 10.0 Å².